The van der Waals surface area contributed by atoms with E-state index in [-0.39, 0.29) is 0 Å². The first-order valence-electron chi connectivity index (χ1n) is 6.71. The van der Waals surface area contributed by atoms with Crippen LogP contribution in [0.4, 0.5) is 0 Å². The summed E-state index contributed by atoms with van der Waals surface area (Å²) in [6.07, 6.45) is 4.73. The minimum absolute atomic E-state index is 0.751. The van der Waals surface area contributed by atoms with Gasteiger partial charge in [-0.3, -0.25) is 4.90 Å². The summed E-state index contributed by atoms with van der Waals surface area (Å²) in [5.41, 5.74) is 1.43. The zero-order valence-electron chi connectivity index (χ0n) is 11.7. The first kappa shape index (κ1) is 13.9. The second-order valence-electron chi connectivity index (χ2n) is 5.30. The Kier molecular flexibility index (Phi) is 5.10. The monoisotopic (exact) mass is 264 g/mol. The van der Waals surface area contributed by atoms with Crippen LogP contribution in [-0.2, 0) is 6.54 Å². The first-order valence-corrected chi connectivity index (χ1v) is 7.93. The number of nitrogens with zero attached hydrogens (tertiary/aromatic N) is 2. The van der Waals surface area contributed by atoms with Crippen molar-refractivity contribution in [2.75, 3.05) is 33.4 Å². The third-order valence-electron chi connectivity index (χ3n) is 3.90. The molecule has 3 heteroatoms. The molecule has 0 saturated carbocycles. The molecule has 1 aliphatic heterocycles. The average Bonchev–Trinajstić information content (AvgIpc) is 2.40. The highest BCUT2D eigenvalue weighted by Gasteiger charge is 2.20. The van der Waals surface area contributed by atoms with Gasteiger partial charge in [0.15, 0.2) is 0 Å². The Bertz CT molecular complexity index is 355. The minimum Gasteiger partial charge on any atom is -0.306 e. The SMILES string of the molecule is CSc1ccc(CN(C)C2CCN(C)CC2)cc1. The third-order valence-corrected chi connectivity index (χ3v) is 4.65. The Morgan fingerprint density at radius 1 is 1.22 bits per heavy atom. The van der Waals surface area contributed by atoms with Crippen LogP contribution in [0.5, 0.6) is 0 Å². The maximum Gasteiger partial charge on any atom is 0.0233 e. The second kappa shape index (κ2) is 6.60. The fourth-order valence-electron chi connectivity index (χ4n) is 2.58. The lowest BCUT2D eigenvalue weighted by Gasteiger charge is -2.35. The highest BCUT2D eigenvalue weighted by Crippen LogP contribution is 2.19. The Hall–Kier alpha value is -0.510. The lowest BCUT2D eigenvalue weighted by atomic mass is 10.0. The molecule has 0 aliphatic carbocycles. The summed E-state index contributed by atoms with van der Waals surface area (Å²) in [6.45, 7) is 3.55. The van der Waals surface area contributed by atoms with Gasteiger partial charge >= 0.3 is 0 Å². The van der Waals surface area contributed by atoms with Crippen LogP contribution in [0.1, 0.15) is 18.4 Å². The van der Waals surface area contributed by atoms with E-state index in [1.807, 2.05) is 0 Å². The van der Waals surface area contributed by atoms with Gasteiger partial charge in [-0.15, -0.1) is 11.8 Å². The van der Waals surface area contributed by atoms with Gasteiger partial charge in [-0.2, -0.15) is 0 Å². The van der Waals surface area contributed by atoms with Crippen molar-refractivity contribution in [2.45, 2.75) is 30.3 Å². The molecule has 0 amide bonds. The predicted molar refractivity (Wildman–Crippen MR) is 80.2 cm³/mol. The van der Waals surface area contributed by atoms with Crippen LogP contribution in [0.3, 0.4) is 0 Å². The molecule has 0 N–H and O–H groups in total. The quantitative estimate of drug-likeness (QED) is 0.772. The molecule has 0 unspecified atom stereocenters. The van der Waals surface area contributed by atoms with E-state index in [0.717, 1.165) is 12.6 Å². The van der Waals surface area contributed by atoms with Crippen molar-refractivity contribution in [1.29, 1.82) is 0 Å². The fourth-order valence-corrected chi connectivity index (χ4v) is 2.99. The van der Waals surface area contributed by atoms with E-state index < -0.39 is 0 Å². The summed E-state index contributed by atoms with van der Waals surface area (Å²) in [5, 5.41) is 0. The van der Waals surface area contributed by atoms with Gasteiger partial charge in [-0.05, 0) is 64.0 Å². The molecule has 0 bridgehead atoms. The predicted octanol–water partition coefficient (Wildman–Crippen LogP) is 2.93. The minimum atomic E-state index is 0.751. The lowest BCUT2D eigenvalue weighted by Crippen LogP contribution is -2.41. The van der Waals surface area contributed by atoms with Gasteiger partial charge < -0.3 is 4.90 Å². The zero-order chi connectivity index (χ0) is 13.0. The first-order chi connectivity index (χ1) is 8.69. The summed E-state index contributed by atoms with van der Waals surface area (Å²) in [6, 6.07) is 9.72. The number of thioether (sulfide) groups is 1. The van der Waals surface area contributed by atoms with Crippen molar-refractivity contribution >= 4 is 11.8 Å². The molecule has 0 radical (unpaired) electrons. The molecule has 1 fully saturated rings. The average molecular weight is 264 g/mol. The van der Waals surface area contributed by atoms with Crippen LogP contribution in [0, 0.1) is 0 Å². The summed E-state index contributed by atoms with van der Waals surface area (Å²) in [4.78, 5) is 6.29. The molecule has 0 atom stereocenters. The van der Waals surface area contributed by atoms with E-state index >= 15 is 0 Å². The van der Waals surface area contributed by atoms with Crippen molar-refractivity contribution in [3.8, 4) is 0 Å². The van der Waals surface area contributed by atoms with Crippen LogP contribution < -0.4 is 0 Å². The highest BCUT2D eigenvalue weighted by atomic mass is 32.2. The largest absolute Gasteiger partial charge is 0.306 e. The molecule has 2 nitrogen and oxygen atoms in total. The molecular weight excluding hydrogens is 240 g/mol. The number of rotatable bonds is 4. The van der Waals surface area contributed by atoms with Crippen LogP contribution in [0.25, 0.3) is 0 Å². The van der Waals surface area contributed by atoms with Crippen molar-refractivity contribution < 1.29 is 0 Å². The van der Waals surface area contributed by atoms with Gasteiger partial charge in [0.25, 0.3) is 0 Å². The summed E-state index contributed by atoms with van der Waals surface area (Å²) in [7, 11) is 4.48. The number of piperidine rings is 1. The van der Waals surface area contributed by atoms with Gasteiger partial charge in [-0.25, -0.2) is 0 Å². The van der Waals surface area contributed by atoms with E-state index in [0.29, 0.717) is 0 Å². The summed E-state index contributed by atoms with van der Waals surface area (Å²) in [5.74, 6) is 0. The lowest BCUT2D eigenvalue weighted by molar-refractivity contribution is 0.139. The van der Waals surface area contributed by atoms with Crippen LogP contribution in [0.15, 0.2) is 29.2 Å². The van der Waals surface area contributed by atoms with Gasteiger partial charge in [-0.1, -0.05) is 12.1 Å². The Morgan fingerprint density at radius 2 is 1.83 bits per heavy atom. The number of hydrogen-bond donors (Lipinski definition) is 0. The number of likely N-dealkylation sites (tertiary alicyclic amines) is 1. The zero-order valence-corrected chi connectivity index (χ0v) is 12.5. The van der Waals surface area contributed by atoms with E-state index in [9.17, 15) is 0 Å². The van der Waals surface area contributed by atoms with Crippen LogP contribution in [-0.4, -0.2) is 49.3 Å². The topological polar surface area (TPSA) is 6.48 Å². The highest BCUT2D eigenvalue weighted by molar-refractivity contribution is 7.98. The third kappa shape index (κ3) is 3.74. The molecule has 1 saturated heterocycles. The fraction of sp³-hybridized carbons (Fsp3) is 0.600. The normalized spacial score (nSPS) is 18.4. The van der Waals surface area contributed by atoms with Crippen molar-refractivity contribution in [3.05, 3.63) is 29.8 Å². The number of hydrogen-bond acceptors (Lipinski definition) is 3. The standard InChI is InChI=1S/C15H24N2S/c1-16-10-8-14(9-11-16)17(2)12-13-4-6-15(18-3)7-5-13/h4-7,14H,8-12H2,1-3H3. The molecule has 0 spiro atoms. The van der Waals surface area contributed by atoms with E-state index in [4.69, 9.17) is 0 Å². The Morgan fingerprint density at radius 3 is 2.39 bits per heavy atom. The molecule has 1 heterocycles. The van der Waals surface area contributed by atoms with E-state index in [2.05, 4.69) is 54.4 Å². The summed E-state index contributed by atoms with van der Waals surface area (Å²) < 4.78 is 0. The smallest absolute Gasteiger partial charge is 0.0233 e. The van der Waals surface area contributed by atoms with Gasteiger partial charge in [0.2, 0.25) is 0 Å². The number of benzene rings is 1. The molecule has 2 rings (SSSR count). The molecule has 1 aromatic carbocycles. The van der Waals surface area contributed by atoms with Crippen LogP contribution >= 0.6 is 11.8 Å². The Balaban J connectivity index is 1.87. The Labute approximate surface area is 115 Å². The van der Waals surface area contributed by atoms with Gasteiger partial charge in [0.1, 0.15) is 0 Å². The molecule has 0 aromatic heterocycles. The molecule has 1 aromatic rings. The second-order valence-corrected chi connectivity index (χ2v) is 6.18. The van der Waals surface area contributed by atoms with Crippen molar-refractivity contribution in [2.24, 2.45) is 0 Å². The van der Waals surface area contributed by atoms with Crippen molar-refractivity contribution in [1.82, 2.24) is 9.80 Å². The van der Waals surface area contributed by atoms with Crippen LogP contribution in [0.2, 0.25) is 0 Å². The molecule has 1 aliphatic rings. The molecular formula is C15H24N2S. The van der Waals surface area contributed by atoms with E-state index in [1.165, 1.54) is 36.4 Å². The van der Waals surface area contributed by atoms with E-state index in [1.54, 1.807) is 11.8 Å². The maximum atomic E-state index is 2.51. The molecule has 18 heavy (non-hydrogen) atoms. The summed E-state index contributed by atoms with van der Waals surface area (Å²) >= 11 is 1.81. The van der Waals surface area contributed by atoms with Gasteiger partial charge in [0, 0.05) is 17.5 Å². The molecule has 100 valence electrons. The van der Waals surface area contributed by atoms with Crippen molar-refractivity contribution in [3.63, 3.8) is 0 Å². The van der Waals surface area contributed by atoms with Gasteiger partial charge in [0.05, 0.1) is 0 Å². The maximum absolute atomic E-state index is 2.51.